The smallest absolute Gasteiger partial charge is 0.226 e. The Hall–Kier alpha value is -1.08. The van der Waals surface area contributed by atoms with Gasteiger partial charge in [-0.05, 0) is 36.8 Å². The number of piperidine rings is 1. The first-order valence-corrected chi connectivity index (χ1v) is 10.2. The Morgan fingerprint density at radius 3 is 2.60 bits per heavy atom. The highest BCUT2D eigenvalue weighted by molar-refractivity contribution is 7.98. The third-order valence-corrected chi connectivity index (χ3v) is 6.48. The number of nitrogens with zero attached hydrogens (tertiary/aromatic N) is 1. The Labute approximate surface area is 153 Å². The third-order valence-electron chi connectivity index (χ3n) is 5.74. The Morgan fingerprint density at radius 2 is 2.04 bits per heavy atom. The van der Waals surface area contributed by atoms with E-state index in [1.807, 2.05) is 23.3 Å². The fraction of sp³-hybridized carbons (Fsp3) is 0.632. The highest BCUT2D eigenvalue weighted by Gasteiger charge is 2.56. The van der Waals surface area contributed by atoms with E-state index in [4.69, 9.17) is 10.5 Å². The molecule has 1 aliphatic carbocycles. The highest BCUT2D eigenvalue weighted by atomic mass is 32.2. The van der Waals surface area contributed by atoms with E-state index in [1.54, 1.807) is 11.8 Å². The number of aliphatic hydroxyl groups is 1. The van der Waals surface area contributed by atoms with Crippen molar-refractivity contribution in [1.29, 1.82) is 0 Å². The second kappa shape index (κ2) is 8.08. The predicted octanol–water partition coefficient (Wildman–Crippen LogP) is 1.67. The molecule has 1 saturated heterocycles. The van der Waals surface area contributed by atoms with Crippen LogP contribution in [0.3, 0.4) is 0 Å². The zero-order chi connectivity index (χ0) is 17.9. The van der Waals surface area contributed by atoms with Crippen LogP contribution in [0.25, 0.3) is 0 Å². The largest absolute Gasteiger partial charge is 0.392 e. The molecular formula is C19H28N2O3S. The van der Waals surface area contributed by atoms with E-state index in [-0.39, 0.29) is 23.5 Å². The maximum Gasteiger partial charge on any atom is 0.226 e. The van der Waals surface area contributed by atoms with Crippen molar-refractivity contribution in [2.24, 2.45) is 11.1 Å². The third kappa shape index (κ3) is 3.87. The van der Waals surface area contributed by atoms with Crippen molar-refractivity contribution in [2.75, 3.05) is 32.5 Å². The van der Waals surface area contributed by atoms with Gasteiger partial charge in [0.1, 0.15) is 0 Å². The highest BCUT2D eigenvalue weighted by Crippen LogP contribution is 2.50. The molecule has 0 aromatic heterocycles. The van der Waals surface area contributed by atoms with Gasteiger partial charge < -0.3 is 20.5 Å². The standard InChI is InChI=1S/C19H28N2O3S/c1-25-15-4-2-14(3-5-15)12-18(23)21-9-6-19(7-10-21)16(22)13-17(19)24-11-8-20/h2-5,16-17,22H,6-13,20H2,1H3/t16-,17+/m0/s1. The fourth-order valence-corrected chi connectivity index (χ4v) is 4.44. The molecule has 0 radical (unpaired) electrons. The molecule has 6 heteroatoms. The van der Waals surface area contributed by atoms with Gasteiger partial charge in [-0.15, -0.1) is 11.8 Å². The van der Waals surface area contributed by atoms with Gasteiger partial charge in [0.2, 0.25) is 5.91 Å². The van der Waals surface area contributed by atoms with Crippen LogP contribution in [0.15, 0.2) is 29.2 Å². The lowest BCUT2D eigenvalue weighted by Gasteiger charge is -2.56. The van der Waals surface area contributed by atoms with Crippen molar-refractivity contribution in [2.45, 2.75) is 42.8 Å². The van der Waals surface area contributed by atoms with Crippen molar-refractivity contribution in [3.63, 3.8) is 0 Å². The number of rotatable bonds is 6. The molecule has 1 amide bonds. The minimum atomic E-state index is -0.313. The Bertz CT molecular complexity index is 585. The molecule has 3 N–H and O–H groups in total. The summed E-state index contributed by atoms with van der Waals surface area (Å²) in [6, 6.07) is 8.17. The maximum absolute atomic E-state index is 12.6. The minimum Gasteiger partial charge on any atom is -0.392 e. The van der Waals surface area contributed by atoms with Gasteiger partial charge in [-0.2, -0.15) is 0 Å². The van der Waals surface area contributed by atoms with E-state index in [1.165, 1.54) is 4.90 Å². The van der Waals surface area contributed by atoms with E-state index in [0.29, 0.717) is 39.1 Å². The second-order valence-corrected chi connectivity index (χ2v) is 7.92. The van der Waals surface area contributed by atoms with Gasteiger partial charge in [-0.25, -0.2) is 0 Å². The van der Waals surface area contributed by atoms with Gasteiger partial charge >= 0.3 is 0 Å². The molecule has 0 unspecified atom stereocenters. The number of ether oxygens (including phenoxy) is 1. The molecule has 5 nitrogen and oxygen atoms in total. The van der Waals surface area contributed by atoms with Crippen LogP contribution in [-0.2, 0) is 16.0 Å². The Morgan fingerprint density at radius 1 is 1.36 bits per heavy atom. The number of thioether (sulfide) groups is 1. The number of aliphatic hydroxyl groups excluding tert-OH is 1. The Kier molecular flexibility index (Phi) is 6.04. The van der Waals surface area contributed by atoms with E-state index < -0.39 is 0 Å². The van der Waals surface area contributed by atoms with Crippen LogP contribution in [-0.4, -0.2) is 60.6 Å². The van der Waals surface area contributed by atoms with Gasteiger partial charge in [0.15, 0.2) is 0 Å². The molecule has 138 valence electrons. The number of amides is 1. The summed E-state index contributed by atoms with van der Waals surface area (Å²) in [7, 11) is 0. The molecule has 1 heterocycles. The van der Waals surface area contributed by atoms with Gasteiger partial charge in [-0.3, -0.25) is 4.79 Å². The summed E-state index contributed by atoms with van der Waals surface area (Å²) in [5, 5.41) is 10.3. The van der Waals surface area contributed by atoms with E-state index in [9.17, 15) is 9.90 Å². The molecule has 2 aliphatic rings. The van der Waals surface area contributed by atoms with Gasteiger partial charge in [-0.1, -0.05) is 12.1 Å². The monoisotopic (exact) mass is 364 g/mol. The van der Waals surface area contributed by atoms with Gasteiger partial charge in [0.25, 0.3) is 0 Å². The lowest BCUT2D eigenvalue weighted by Crippen LogP contribution is -2.63. The summed E-state index contributed by atoms with van der Waals surface area (Å²) in [5.41, 5.74) is 6.40. The van der Waals surface area contributed by atoms with Crippen molar-refractivity contribution in [1.82, 2.24) is 4.90 Å². The zero-order valence-electron chi connectivity index (χ0n) is 14.8. The molecule has 1 aromatic carbocycles. The quantitative estimate of drug-likeness (QED) is 0.751. The summed E-state index contributed by atoms with van der Waals surface area (Å²) < 4.78 is 5.81. The molecule has 25 heavy (non-hydrogen) atoms. The van der Waals surface area contributed by atoms with Crippen molar-refractivity contribution >= 4 is 17.7 Å². The molecule has 1 aliphatic heterocycles. The second-order valence-electron chi connectivity index (χ2n) is 7.04. The molecule has 1 saturated carbocycles. The van der Waals surface area contributed by atoms with Crippen LogP contribution in [0.2, 0.25) is 0 Å². The zero-order valence-corrected chi connectivity index (χ0v) is 15.6. The van der Waals surface area contributed by atoms with Crippen molar-refractivity contribution in [3.05, 3.63) is 29.8 Å². The van der Waals surface area contributed by atoms with E-state index in [0.717, 1.165) is 18.4 Å². The van der Waals surface area contributed by atoms with Crippen molar-refractivity contribution < 1.29 is 14.6 Å². The fourth-order valence-electron chi connectivity index (χ4n) is 4.03. The molecular weight excluding hydrogens is 336 g/mol. The molecule has 0 bridgehead atoms. The minimum absolute atomic E-state index is 0.0855. The number of likely N-dealkylation sites (tertiary alicyclic amines) is 1. The van der Waals surface area contributed by atoms with Gasteiger partial charge in [0, 0.05) is 36.4 Å². The topological polar surface area (TPSA) is 75.8 Å². The van der Waals surface area contributed by atoms with Gasteiger partial charge in [0.05, 0.1) is 25.2 Å². The average Bonchev–Trinajstić information content (AvgIpc) is 2.65. The van der Waals surface area contributed by atoms with Crippen LogP contribution >= 0.6 is 11.8 Å². The number of nitrogens with two attached hydrogens (primary N) is 1. The SMILES string of the molecule is CSc1ccc(CC(=O)N2CCC3(CC2)[C@@H](O)C[C@H]3OCCN)cc1. The number of hydrogen-bond acceptors (Lipinski definition) is 5. The number of carbonyl (C=O) groups excluding carboxylic acids is 1. The first kappa shape index (κ1) is 18.7. The first-order valence-electron chi connectivity index (χ1n) is 8.99. The summed E-state index contributed by atoms with van der Waals surface area (Å²) in [4.78, 5) is 15.7. The van der Waals surface area contributed by atoms with Crippen LogP contribution in [0.4, 0.5) is 0 Å². The Balaban J connectivity index is 1.53. The summed E-state index contributed by atoms with van der Waals surface area (Å²) in [5.74, 6) is 0.167. The summed E-state index contributed by atoms with van der Waals surface area (Å²) in [6.07, 6.45) is 4.56. The van der Waals surface area contributed by atoms with Crippen LogP contribution in [0, 0.1) is 5.41 Å². The number of benzene rings is 1. The number of hydrogen-bond donors (Lipinski definition) is 2. The molecule has 2 atom stereocenters. The number of carbonyl (C=O) groups is 1. The van der Waals surface area contributed by atoms with Crippen LogP contribution in [0.5, 0.6) is 0 Å². The molecule has 3 rings (SSSR count). The van der Waals surface area contributed by atoms with E-state index in [2.05, 4.69) is 12.1 Å². The van der Waals surface area contributed by atoms with Crippen LogP contribution in [0.1, 0.15) is 24.8 Å². The molecule has 1 aromatic rings. The van der Waals surface area contributed by atoms with E-state index >= 15 is 0 Å². The van der Waals surface area contributed by atoms with Crippen LogP contribution < -0.4 is 5.73 Å². The summed E-state index contributed by atoms with van der Waals surface area (Å²) >= 11 is 1.70. The van der Waals surface area contributed by atoms with Crippen molar-refractivity contribution in [3.8, 4) is 0 Å². The normalized spacial score (nSPS) is 25.0. The lowest BCUT2D eigenvalue weighted by atomic mass is 9.58. The molecule has 1 spiro atoms. The first-order chi connectivity index (χ1) is 12.1. The lowest BCUT2D eigenvalue weighted by molar-refractivity contribution is -0.210. The summed E-state index contributed by atoms with van der Waals surface area (Å²) in [6.45, 7) is 2.43. The predicted molar refractivity (Wildman–Crippen MR) is 99.6 cm³/mol. The average molecular weight is 365 g/mol. The molecule has 2 fully saturated rings. The maximum atomic E-state index is 12.6.